The predicted octanol–water partition coefficient (Wildman–Crippen LogP) is 2.16. The number of methoxy groups -OCH3 is 2. The summed E-state index contributed by atoms with van der Waals surface area (Å²) in [5, 5.41) is 0. The summed E-state index contributed by atoms with van der Waals surface area (Å²) in [5.74, 6) is 1.52. The molecule has 0 radical (unpaired) electrons. The van der Waals surface area contributed by atoms with Crippen LogP contribution in [0.4, 0.5) is 0 Å². The Kier molecular flexibility index (Phi) is 4.09. The van der Waals surface area contributed by atoms with Crippen molar-refractivity contribution in [3.05, 3.63) is 22.8 Å². The second kappa shape index (κ2) is 5.33. The number of carbonyl (C=O) groups excluding carboxylic acids is 1. The first-order valence-corrected chi connectivity index (χ1v) is 4.90. The Morgan fingerprint density at radius 1 is 1.25 bits per heavy atom. The molecule has 0 unspecified atom stereocenters. The third-order valence-corrected chi connectivity index (χ3v) is 2.61. The van der Waals surface area contributed by atoms with Gasteiger partial charge in [0.2, 0.25) is 6.08 Å². The fourth-order valence-corrected chi connectivity index (χ4v) is 1.66. The highest BCUT2D eigenvalue weighted by atomic mass is 16.5. The van der Waals surface area contributed by atoms with E-state index in [9.17, 15) is 4.79 Å². The molecule has 0 N–H and O–H groups in total. The zero-order valence-electron chi connectivity index (χ0n) is 9.96. The van der Waals surface area contributed by atoms with Crippen LogP contribution in [0.5, 0.6) is 11.5 Å². The lowest BCUT2D eigenvalue weighted by molar-refractivity contribution is 0.393. The number of isocyanates is 1. The topological polar surface area (TPSA) is 47.9 Å². The maximum Gasteiger partial charge on any atom is 0.235 e. The van der Waals surface area contributed by atoms with E-state index >= 15 is 0 Å². The molecule has 1 aromatic rings. The van der Waals surface area contributed by atoms with E-state index in [1.807, 2.05) is 19.9 Å². The fourth-order valence-electron chi connectivity index (χ4n) is 1.66. The number of hydrogen-bond acceptors (Lipinski definition) is 4. The standard InChI is InChI=1S/C12H15NO3/c1-8-9(2)12(16-4)10(6-13-7-14)5-11(8)15-3/h5H,6H2,1-4H3. The summed E-state index contributed by atoms with van der Waals surface area (Å²) in [6.45, 7) is 4.17. The third kappa shape index (κ3) is 2.23. The molecule has 0 aromatic heterocycles. The van der Waals surface area contributed by atoms with Crippen molar-refractivity contribution >= 4 is 6.08 Å². The van der Waals surface area contributed by atoms with Crippen molar-refractivity contribution in [1.29, 1.82) is 0 Å². The molecule has 0 fully saturated rings. The molecule has 0 heterocycles. The first kappa shape index (κ1) is 12.3. The molecule has 0 aliphatic rings. The summed E-state index contributed by atoms with van der Waals surface area (Å²) in [5.41, 5.74) is 2.85. The molecule has 0 saturated heterocycles. The molecule has 0 saturated carbocycles. The number of nitrogens with zero attached hydrogens (tertiary/aromatic N) is 1. The van der Waals surface area contributed by atoms with Crippen LogP contribution in [-0.2, 0) is 11.3 Å². The number of ether oxygens (including phenoxy) is 2. The minimum Gasteiger partial charge on any atom is -0.496 e. The van der Waals surface area contributed by atoms with Gasteiger partial charge in [-0.25, -0.2) is 9.79 Å². The van der Waals surface area contributed by atoms with Crippen LogP contribution in [-0.4, -0.2) is 20.3 Å². The average molecular weight is 221 g/mol. The highest BCUT2D eigenvalue weighted by molar-refractivity contribution is 5.53. The van der Waals surface area contributed by atoms with E-state index in [4.69, 9.17) is 9.47 Å². The largest absolute Gasteiger partial charge is 0.496 e. The van der Waals surface area contributed by atoms with Crippen LogP contribution in [0.25, 0.3) is 0 Å². The highest BCUT2D eigenvalue weighted by Crippen LogP contribution is 2.33. The molecule has 0 spiro atoms. The van der Waals surface area contributed by atoms with Crippen molar-refractivity contribution in [3.63, 3.8) is 0 Å². The van der Waals surface area contributed by atoms with Crippen LogP contribution >= 0.6 is 0 Å². The molecular formula is C12H15NO3. The van der Waals surface area contributed by atoms with Crippen molar-refractivity contribution in [3.8, 4) is 11.5 Å². The predicted molar refractivity (Wildman–Crippen MR) is 60.8 cm³/mol. The number of rotatable bonds is 4. The fraction of sp³-hybridized carbons (Fsp3) is 0.417. The summed E-state index contributed by atoms with van der Waals surface area (Å²) in [4.78, 5) is 13.7. The van der Waals surface area contributed by atoms with Gasteiger partial charge in [0.25, 0.3) is 0 Å². The molecule has 86 valence electrons. The van der Waals surface area contributed by atoms with Gasteiger partial charge in [-0.2, -0.15) is 0 Å². The zero-order chi connectivity index (χ0) is 12.1. The summed E-state index contributed by atoms with van der Waals surface area (Å²) < 4.78 is 10.6. The maximum atomic E-state index is 10.1. The van der Waals surface area contributed by atoms with Crippen molar-refractivity contribution in [1.82, 2.24) is 0 Å². The van der Waals surface area contributed by atoms with Gasteiger partial charge >= 0.3 is 0 Å². The van der Waals surface area contributed by atoms with Crippen molar-refractivity contribution in [2.24, 2.45) is 4.99 Å². The Hall–Kier alpha value is -1.80. The lowest BCUT2D eigenvalue weighted by Gasteiger charge is -2.15. The van der Waals surface area contributed by atoms with Gasteiger partial charge < -0.3 is 9.47 Å². The van der Waals surface area contributed by atoms with Crippen LogP contribution in [0.2, 0.25) is 0 Å². The lowest BCUT2D eigenvalue weighted by atomic mass is 10.0. The molecule has 4 heteroatoms. The lowest BCUT2D eigenvalue weighted by Crippen LogP contribution is -1.99. The van der Waals surface area contributed by atoms with Gasteiger partial charge in [-0.15, -0.1) is 0 Å². The highest BCUT2D eigenvalue weighted by Gasteiger charge is 2.13. The van der Waals surface area contributed by atoms with Crippen molar-refractivity contribution < 1.29 is 14.3 Å². The van der Waals surface area contributed by atoms with Crippen LogP contribution in [0, 0.1) is 13.8 Å². The van der Waals surface area contributed by atoms with E-state index in [-0.39, 0.29) is 6.54 Å². The second-order valence-corrected chi connectivity index (χ2v) is 3.43. The van der Waals surface area contributed by atoms with E-state index in [1.165, 1.54) is 6.08 Å². The number of benzene rings is 1. The number of aliphatic imine (C=N–C) groups is 1. The van der Waals surface area contributed by atoms with Crippen molar-refractivity contribution in [2.45, 2.75) is 20.4 Å². The van der Waals surface area contributed by atoms with E-state index in [2.05, 4.69) is 4.99 Å². The average Bonchev–Trinajstić information content (AvgIpc) is 2.30. The number of hydrogen-bond donors (Lipinski definition) is 0. The Balaban J connectivity index is 3.34. The summed E-state index contributed by atoms with van der Waals surface area (Å²) in [6.07, 6.45) is 1.52. The van der Waals surface area contributed by atoms with Gasteiger partial charge in [0, 0.05) is 5.56 Å². The smallest absolute Gasteiger partial charge is 0.235 e. The van der Waals surface area contributed by atoms with Crippen LogP contribution in [0.3, 0.4) is 0 Å². The Labute approximate surface area is 94.9 Å². The van der Waals surface area contributed by atoms with E-state index in [1.54, 1.807) is 14.2 Å². The van der Waals surface area contributed by atoms with Crippen LogP contribution in [0.15, 0.2) is 11.1 Å². The molecule has 4 nitrogen and oxygen atoms in total. The van der Waals surface area contributed by atoms with Gasteiger partial charge in [-0.1, -0.05) is 0 Å². The molecule has 0 aliphatic heterocycles. The SMILES string of the molecule is COc1cc(CN=C=O)c(OC)c(C)c1C. The molecule has 0 bridgehead atoms. The van der Waals surface area contributed by atoms with Crippen LogP contribution < -0.4 is 9.47 Å². The molecule has 1 rings (SSSR count). The van der Waals surface area contributed by atoms with E-state index in [0.717, 1.165) is 28.2 Å². The quantitative estimate of drug-likeness (QED) is 0.578. The molecule has 1 aromatic carbocycles. The summed E-state index contributed by atoms with van der Waals surface area (Å²) in [6, 6.07) is 1.84. The Bertz CT molecular complexity index is 434. The first-order chi connectivity index (χ1) is 7.65. The van der Waals surface area contributed by atoms with Crippen molar-refractivity contribution in [2.75, 3.05) is 14.2 Å². The van der Waals surface area contributed by atoms with Gasteiger partial charge in [0.1, 0.15) is 11.5 Å². The minimum absolute atomic E-state index is 0.254. The Morgan fingerprint density at radius 3 is 2.44 bits per heavy atom. The Morgan fingerprint density at radius 2 is 1.94 bits per heavy atom. The minimum atomic E-state index is 0.254. The molecular weight excluding hydrogens is 206 g/mol. The summed E-state index contributed by atoms with van der Waals surface area (Å²) in [7, 11) is 3.21. The third-order valence-electron chi connectivity index (χ3n) is 2.61. The normalized spacial score (nSPS) is 9.50. The molecule has 0 aliphatic carbocycles. The summed E-state index contributed by atoms with van der Waals surface area (Å²) >= 11 is 0. The van der Waals surface area contributed by atoms with Gasteiger partial charge in [-0.05, 0) is 31.0 Å². The molecule has 0 amide bonds. The first-order valence-electron chi connectivity index (χ1n) is 4.90. The maximum absolute atomic E-state index is 10.1. The van der Waals surface area contributed by atoms with Crippen LogP contribution in [0.1, 0.15) is 16.7 Å². The molecule has 0 atom stereocenters. The van der Waals surface area contributed by atoms with E-state index in [0.29, 0.717) is 0 Å². The molecule has 16 heavy (non-hydrogen) atoms. The monoisotopic (exact) mass is 221 g/mol. The van der Waals surface area contributed by atoms with Gasteiger partial charge in [0.05, 0.1) is 20.8 Å². The zero-order valence-corrected chi connectivity index (χ0v) is 9.96. The van der Waals surface area contributed by atoms with E-state index < -0.39 is 0 Å². The second-order valence-electron chi connectivity index (χ2n) is 3.43. The van der Waals surface area contributed by atoms with Gasteiger partial charge in [-0.3, -0.25) is 0 Å². The van der Waals surface area contributed by atoms with Gasteiger partial charge in [0.15, 0.2) is 0 Å².